The molecule has 0 amide bonds. The lowest BCUT2D eigenvalue weighted by Gasteiger charge is -2.13. The zero-order valence-electron chi connectivity index (χ0n) is 12.6. The van der Waals surface area contributed by atoms with E-state index in [9.17, 15) is 21.6 Å². The minimum Gasteiger partial charge on any atom is -0.380 e. The lowest BCUT2D eigenvalue weighted by atomic mass is 10.2. The molecule has 0 radical (unpaired) electrons. The number of sulfonamides is 1. The van der Waals surface area contributed by atoms with E-state index < -0.39 is 26.9 Å². The van der Waals surface area contributed by atoms with Crippen LogP contribution in [-0.2, 0) is 27.5 Å². The summed E-state index contributed by atoms with van der Waals surface area (Å²) in [5.74, 6) is 0. The highest BCUT2D eigenvalue weighted by molar-refractivity contribution is 7.92. The second-order valence-electron chi connectivity index (χ2n) is 4.89. The van der Waals surface area contributed by atoms with Crippen LogP contribution in [0, 0.1) is 0 Å². The maximum atomic E-state index is 12.8. The van der Waals surface area contributed by atoms with E-state index in [0.717, 1.165) is 12.3 Å². The number of nitrogens with one attached hydrogen (secondary N) is 1. The molecule has 0 unspecified atom stereocenters. The topological polar surface area (TPSA) is 68.3 Å². The Morgan fingerprint density at radius 2 is 1.88 bits per heavy atom. The van der Waals surface area contributed by atoms with Gasteiger partial charge in [-0.05, 0) is 29.8 Å². The molecule has 0 atom stereocenters. The number of alkyl halides is 3. The van der Waals surface area contributed by atoms with Gasteiger partial charge in [0.15, 0.2) is 0 Å². The molecule has 1 aromatic carbocycles. The van der Waals surface area contributed by atoms with Crippen molar-refractivity contribution < 1.29 is 26.3 Å². The summed E-state index contributed by atoms with van der Waals surface area (Å²) >= 11 is 11.3. The molecule has 11 heteroatoms. The third-order valence-electron chi connectivity index (χ3n) is 2.95. The predicted octanol–water partition coefficient (Wildman–Crippen LogP) is 4.35. The van der Waals surface area contributed by atoms with Gasteiger partial charge < -0.3 is 4.74 Å². The first kappa shape index (κ1) is 19.8. The average Bonchev–Trinajstić information content (AvgIpc) is 2.47. The Bertz CT molecular complexity index is 889. The van der Waals surface area contributed by atoms with E-state index in [4.69, 9.17) is 27.9 Å². The van der Waals surface area contributed by atoms with Crippen LogP contribution in [0.25, 0.3) is 0 Å². The summed E-state index contributed by atoms with van der Waals surface area (Å²) < 4.78 is 70.3. The summed E-state index contributed by atoms with van der Waals surface area (Å²) in [5.41, 5.74) is -1.15. The normalized spacial score (nSPS) is 12.2. The summed E-state index contributed by atoms with van der Waals surface area (Å²) in [4.78, 5) is 3.13. The number of nitrogens with zero attached hydrogens (tertiary/aromatic N) is 1. The first-order valence-corrected chi connectivity index (χ1v) is 8.81. The van der Waals surface area contributed by atoms with Crippen LogP contribution in [0.2, 0.25) is 10.2 Å². The van der Waals surface area contributed by atoms with Crippen molar-refractivity contribution in [1.82, 2.24) is 4.98 Å². The van der Waals surface area contributed by atoms with Crippen LogP contribution in [-0.4, -0.2) is 20.5 Å². The van der Waals surface area contributed by atoms with Crippen LogP contribution >= 0.6 is 23.2 Å². The van der Waals surface area contributed by atoms with Crippen LogP contribution in [0.15, 0.2) is 35.4 Å². The quantitative estimate of drug-likeness (QED) is 0.738. The number of hydrogen-bond acceptors (Lipinski definition) is 4. The molecule has 0 aliphatic rings. The number of benzene rings is 1. The fraction of sp³-hybridized carbons (Fsp3) is 0.214. The van der Waals surface area contributed by atoms with E-state index >= 15 is 0 Å². The number of methoxy groups -OCH3 is 1. The molecule has 0 aliphatic carbocycles. The minimum atomic E-state index is -4.77. The Balaban J connectivity index is 2.40. The number of hydrogen-bond donors (Lipinski definition) is 1. The molecule has 136 valence electrons. The Morgan fingerprint density at radius 1 is 1.20 bits per heavy atom. The molecule has 2 aromatic rings. The molecule has 1 aromatic heterocycles. The Hall–Kier alpha value is -1.55. The molecule has 0 bridgehead atoms. The molecule has 2 rings (SSSR count). The molecule has 5 nitrogen and oxygen atoms in total. The van der Waals surface area contributed by atoms with Crippen LogP contribution < -0.4 is 4.72 Å². The number of aromatic nitrogens is 1. The van der Waals surface area contributed by atoms with Crippen molar-refractivity contribution >= 4 is 38.9 Å². The maximum Gasteiger partial charge on any atom is 0.419 e. The van der Waals surface area contributed by atoms with Gasteiger partial charge in [0.05, 0.1) is 29.0 Å². The minimum absolute atomic E-state index is 0.115. The highest BCUT2D eigenvalue weighted by Crippen LogP contribution is 2.35. The Morgan fingerprint density at radius 3 is 2.48 bits per heavy atom. The Kier molecular flexibility index (Phi) is 5.82. The summed E-state index contributed by atoms with van der Waals surface area (Å²) in [5, 5.41) is -0.638. The van der Waals surface area contributed by atoms with Crippen molar-refractivity contribution in [2.45, 2.75) is 17.7 Å². The van der Waals surface area contributed by atoms with Crippen LogP contribution in [0.3, 0.4) is 0 Å². The summed E-state index contributed by atoms with van der Waals surface area (Å²) in [7, 11) is -2.77. The number of anilines is 1. The van der Waals surface area contributed by atoms with E-state index in [1.54, 1.807) is 0 Å². The predicted molar refractivity (Wildman–Crippen MR) is 87.2 cm³/mol. The van der Waals surface area contributed by atoms with Crippen molar-refractivity contribution in [3.05, 3.63) is 51.8 Å². The molecule has 1 N–H and O–H groups in total. The highest BCUT2D eigenvalue weighted by atomic mass is 35.5. The summed E-state index contributed by atoms with van der Waals surface area (Å²) in [6, 6.07) is 4.53. The first-order valence-electron chi connectivity index (χ1n) is 6.57. The second kappa shape index (κ2) is 7.36. The molecule has 0 saturated heterocycles. The van der Waals surface area contributed by atoms with Gasteiger partial charge in [0.25, 0.3) is 10.0 Å². The number of rotatable bonds is 5. The van der Waals surface area contributed by atoms with Crippen molar-refractivity contribution in [2.24, 2.45) is 0 Å². The first-order chi connectivity index (χ1) is 11.5. The van der Waals surface area contributed by atoms with Gasteiger partial charge >= 0.3 is 6.18 Å². The standard InChI is InChI=1S/C14H11Cl2F3N2O3S/c1-24-7-8-2-9(15)4-11(3-8)25(22,23)21-10-5-12(14(17,18)19)13(16)20-6-10/h2-6,21H,7H2,1H3. The Labute approximate surface area is 151 Å². The van der Waals surface area contributed by atoms with Crippen molar-refractivity contribution in [3.63, 3.8) is 0 Å². The molecular formula is C14H11Cl2F3N2O3S. The number of ether oxygens (including phenoxy) is 1. The fourth-order valence-corrected chi connectivity index (χ4v) is 3.60. The molecule has 0 spiro atoms. The monoisotopic (exact) mass is 414 g/mol. The largest absolute Gasteiger partial charge is 0.419 e. The lowest BCUT2D eigenvalue weighted by Crippen LogP contribution is -2.15. The SMILES string of the molecule is COCc1cc(Cl)cc(S(=O)(=O)Nc2cnc(Cl)c(C(F)(F)F)c2)c1. The van der Waals surface area contributed by atoms with Crippen molar-refractivity contribution in [3.8, 4) is 0 Å². The molecule has 25 heavy (non-hydrogen) atoms. The maximum absolute atomic E-state index is 12.8. The van der Waals surface area contributed by atoms with Crippen molar-refractivity contribution in [2.75, 3.05) is 11.8 Å². The van der Waals surface area contributed by atoms with Gasteiger partial charge in [-0.25, -0.2) is 13.4 Å². The lowest BCUT2D eigenvalue weighted by molar-refractivity contribution is -0.137. The van der Waals surface area contributed by atoms with Gasteiger partial charge in [0, 0.05) is 12.1 Å². The number of halogens is 5. The van der Waals surface area contributed by atoms with E-state index in [-0.39, 0.29) is 22.2 Å². The van der Waals surface area contributed by atoms with Gasteiger partial charge in [-0.3, -0.25) is 4.72 Å². The van der Waals surface area contributed by atoms with E-state index in [1.807, 2.05) is 4.72 Å². The van der Waals surface area contributed by atoms with E-state index in [0.29, 0.717) is 11.6 Å². The molecule has 0 saturated carbocycles. The zero-order chi connectivity index (χ0) is 18.8. The highest BCUT2D eigenvalue weighted by Gasteiger charge is 2.34. The average molecular weight is 415 g/mol. The van der Waals surface area contributed by atoms with Gasteiger partial charge in [-0.1, -0.05) is 23.2 Å². The number of pyridine rings is 1. The summed E-state index contributed by atoms with van der Waals surface area (Å²) in [6.45, 7) is 0.115. The van der Waals surface area contributed by atoms with Crippen LogP contribution in [0.5, 0.6) is 0 Å². The van der Waals surface area contributed by atoms with Crippen LogP contribution in [0.4, 0.5) is 18.9 Å². The van der Waals surface area contributed by atoms with Gasteiger partial charge in [0.1, 0.15) is 5.15 Å². The molecule has 0 fully saturated rings. The third-order valence-corrected chi connectivity index (χ3v) is 4.83. The van der Waals surface area contributed by atoms with E-state index in [1.165, 1.54) is 19.2 Å². The second-order valence-corrected chi connectivity index (χ2v) is 7.37. The van der Waals surface area contributed by atoms with Crippen molar-refractivity contribution in [1.29, 1.82) is 0 Å². The van der Waals surface area contributed by atoms with E-state index in [2.05, 4.69) is 4.98 Å². The smallest absolute Gasteiger partial charge is 0.380 e. The van der Waals surface area contributed by atoms with Crippen LogP contribution in [0.1, 0.15) is 11.1 Å². The summed E-state index contributed by atoms with van der Waals surface area (Å²) in [6.07, 6.45) is -3.89. The third kappa shape index (κ3) is 4.97. The van der Waals surface area contributed by atoms with Gasteiger partial charge in [-0.2, -0.15) is 13.2 Å². The molecule has 1 heterocycles. The van der Waals surface area contributed by atoms with Gasteiger partial charge in [0.2, 0.25) is 0 Å². The molecular weight excluding hydrogens is 404 g/mol. The molecule has 0 aliphatic heterocycles. The van der Waals surface area contributed by atoms with Gasteiger partial charge in [-0.15, -0.1) is 0 Å². The fourth-order valence-electron chi connectivity index (χ4n) is 1.94. The zero-order valence-corrected chi connectivity index (χ0v) is 14.9.